The first-order valence-corrected chi connectivity index (χ1v) is 12.4. The van der Waals surface area contributed by atoms with Gasteiger partial charge in [0.2, 0.25) is 0 Å². The molecule has 34 heavy (non-hydrogen) atoms. The number of nitrogens with zero attached hydrogens (tertiary/aromatic N) is 4. The number of pyridine rings is 1. The van der Waals surface area contributed by atoms with Crippen LogP contribution in [0.3, 0.4) is 0 Å². The van der Waals surface area contributed by atoms with Gasteiger partial charge in [-0.2, -0.15) is 18.3 Å². The van der Waals surface area contributed by atoms with E-state index in [2.05, 4.69) is 23.7 Å². The number of alkyl halides is 3. The molecule has 1 aliphatic heterocycles. The predicted molar refractivity (Wildman–Crippen MR) is 124 cm³/mol. The van der Waals surface area contributed by atoms with Crippen molar-refractivity contribution in [1.29, 1.82) is 0 Å². The van der Waals surface area contributed by atoms with Crippen molar-refractivity contribution in [2.45, 2.75) is 76.2 Å². The van der Waals surface area contributed by atoms with Gasteiger partial charge in [0.1, 0.15) is 5.82 Å². The van der Waals surface area contributed by atoms with E-state index in [9.17, 15) is 13.2 Å². The van der Waals surface area contributed by atoms with Crippen LogP contribution in [0.5, 0.6) is 0 Å². The van der Waals surface area contributed by atoms with Gasteiger partial charge in [-0.1, -0.05) is 6.92 Å². The second kappa shape index (κ2) is 8.82. The van der Waals surface area contributed by atoms with Gasteiger partial charge in [0.05, 0.1) is 17.4 Å². The third kappa shape index (κ3) is 4.21. The maximum absolute atomic E-state index is 13.4. The molecule has 0 aromatic carbocycles. The molecular weight excluding hydrogens is 443 g/mol. The van der Waals surface area contributed by atoms with Crippen LogP contribution in [0, 0.1) is 11.8 Å². The van der Waals surface area contributed by atoms with Gasteiger partial charge in [0, 0.05) is 49.1 Å². The topological polar surface area (TPSA) is 69.2 Å². The van der Waals surface area contributed by atoms with Crippen LogP contribution in [0.1, 0.15) is 69.2 Å². The molecule has 3 aliphatic rings. The fourth-order valence-electron chi connectivity index (χ4n) is 6.21. The van der Waals surface area contributed by atoms with Gasteiger partial charge < -0.3 is 10.5 Å². The van der Waals surface area contributed by atoms with Crippen LogP contribution in [0.25, 0.3) is 11.3 Å². The van der Waals surface area contributed by atoms with E-state index in [4.69, 9.17) is 15.6 Å². The molecule has 4 unspecified atom stereocenters. The minimum absolute atomic E-state index is 0.175. The molecule has 2 saturated carbocycles. The smallest absolute Gasteiger partial charge is 0.383 e. The van der Waals surface area contributed by atoms with Crippen molar-refractivity contribution < 1.29 is 17.9 Å². The number of fused-ring (bicyclic) bond motifs is 1. The molecule has 4 atom stereocenters. The van der Waals surface area contributed by atoms with Crippen LogP contribution in [0.15, 0.2) is 18.3 Å². The summed E-state index contributed by atoms with van der Waals surface area (Å²) in [7, 11) is 1.80. The molecular formula is C25H34F3N5O. The number of halogens is 3. The molecule has 0 bridgehead atoms. The highest BCUT2D eigenvalue weighted by atomic mass is 19.4. The van der Waals surface area contributed by atoms with E-state index in [0.29, 0.717) is 41.2 Å². The highest BCUT2D eigenvalue weighted by molar-refractivity contribution is 5.63. The zero-order valence-electron chi connectivity index (χ0n) is 20.1. The Bertz CT molecular complexity index is 1030. The zero-order chi connectivity index (χ0) is 24.2. The van der Waals surface area contributed by atoms with Gasteiger partial charge in [0.25, 0.3) is 0 Å². The maximum atomic E-state index is 13.4. The quantitative estimate of drug-likeness (QED) is 0.626. The zero-order valence-corrected chi connectivity index (χ0v) is 20.1. The lowest BCUT2D eigenvalue weighted by Crippen LogP contribution is -2.44. The van der Waals surface area contributed by atoms with Gasteiger partial charge in [0.15, 0.2) is 0 Å². The summed E-state index contributed by atoms with van der Waals surface area (Å²) in [4.78, 5) is 6.42. The molecule has 2 aromatic heterocycles. The molecule has 186 valence electrons. The highest BCUT2D eigenvalue weighted by Gasteiger charge is 2.58. The summed E-state index contributed by atoms with van der Waals surface area (Å²) < 4.78 is 47.8. The monoisotopic (exact) mass is 477 g/mol. The summed E-state index contributed by atoms with van der Waals surface area (Å²) in [5, 5.41) is 4.76. The molecule has 0 radical (unpaired) electrons. The van der Waals surface area contributed by atoms with E-state index < -0.39 is 17.6 Å². The van der Waals surface area contributed by atoms with Gasteiger partial charge in [-0.3, -0.25) is 9.58 Å². The molecule has 0 amide bonds. The summed E-state index contributed by atoms with van der Waals surface area (Å²) >= 11 is 0. The number of anilines is 1. The molecule has 0 spiro atoms. The predicted octanol–water partition coefficient (Wildman–Crippen LogP) is 5.12. The normalized spacial score (nSPS) is 30.4. The number of nitrogens with two attached hydrogens (primary N) is 1. The average Bonchev–Trinajstić information content (AvgIpc) is 3.16. The lowest BCUT2D eigenvalue weighted by molar-refractivity contribution is -0.137. The summed E-state index contributed by atoms with van der Waals surface area (Å²) in [5.41, 5.74) is 6.63. The molecule has 3 heterocycles. The standard InChI is InChI=1S/C25H34F3N5O/c1-4-14(2)33-22(11-21(31-33)15-8-20(25(26,27)28)24(29)30-12-15)23-18-9-16(10-19(18)23)32-7-5-6-17(13-32)34-3/h8,11-12,14,16-19,23H,4-7,9-10,13H2,1-3H3,(H2,29,30). The van der Waals surface area contributed by atoms with Gasteiger partial charge >= 0.3 is 6.18 Å². The Labute approximate surface area is 198 Å². The van der Waals surface area contributed by atoms with Gasteiger partial charge in [-0.05, 0) is 69.5 Å². The van der Waals surface area contributed by atoms with E-state index in [1.165, 1.54) is 25.5 Å². The summed E-state index contributed by atoms with van der Waals surface area (Å²) in [6.45, 7) is 6.39. The minimum atomic E-state index is -4.55. The Kier molecular flexibility index (Phi) is 6.13. The van der Waals surface area contributed by atoms with Crippen molar-refractivity contribution in [3.8, 4) is 11.3 Å². The molecule has 1 saturated heterocycles. The SMILES string of the molecule is CCC(C)n1nc(-c2cnc(N)c(C(F)(F)F)c2)cc1C1C2CC(N3CCCC(OC)C3)CC21. The Morgan fingerprint density at radius 2 is 1.97 bits per heavy atom. The van der Waals surface area contributed by atoms with E-state index in [0.717, 1.165) is 37.7 Å². The fraction of sp³-hybridized carbons (Fsp3) is 0.680. The third-order valence-corrected chi connectivity index (χ3v) is 8.31. The Morgan fingerprint density at radius 1 is 1.24 bits per heavy atom. The van der Waals surface area contributed by atoms with E-state index in [-0.39, 0.29) is 6.04 Å². The maximum Gasteiger partial charge on any atom is 0.419 e. The van der Waals surface area contributed by atoms with Gasteiger partial charge in [-0.15, -0.1) is 0 Å². The van der Waals surface area contributed by atoms with E-state index in [1.807, 2.05) is 10.7 Å². The second-order valence-electron chi connectivity index (χ2n) is 10.3. The van der Waals surface area contributed by atoms with Crippen LogP contribution in [-0.2, 0) is 10.9 Å². The van der Waals surface area contributed by atoms with Crippen molar-refractivity contribution in [3.05, 3.63) is 29.6 Å². The first-order valence-electron chi connectivity index (χ1n) is 12.4. The molecule has 5 rings (SSSR count). The van der Waals surface area contributed by atoms with Crippen LogP contribution in [-0.4, -0.2) is 52.0 Å². The highest BCUT2D eigenvalue weighted by Crippen LogP contribution is 2.64. The van der Waals surface area contributed by atoms with E-state index in [1.54, 1.807) is 7.11 Å². The largest absolute Gasteiger partial charge is 0.419 e. The minimum Gasteiger partial charge on any atom is -0.383 e. The van der Waals surface area contributed by atoms with Crippen molar-refractivity contribution in [2.75, 3.05) is 25.9 Å². The molecule has 9 heteroatoms. The fourth-order valence-corrected chi connectivity index (χ4v) is 6.21. The van der Waals surface area contributed by atoms with Crippen LogP contribution < -0.4 is 5.73 Å². The number of piperidine rings is 1. The molecule has 3 fully saturated rings. The number of aromatic nitrogens is 3. The number of likely N-dealkylation sites (tertiary alicyclic amines) is 1. The summed E-state index contributed by atoms with van der Waals surface area (Å²) in [6.07, 6.45) is 2.76. The number of methoxy groups -OCH3 is 1. The van der Waals surface area contributed by atoms with Crippen LogP contribution in [0.4, 0.5) is 19.0 Å². The Morgan fingerprint density at radius 3 is 2.62 bits per heavy atom. The van der Waals surface area contributed by atoms with Crippen molar-refractivity contribution >= 4 is 5.82 Å². The lowest BCUT2D eigenvalue weighted by atomic mass is 9.99. The first-order chi connectivity index (χ1) is 16.2. The number of rotatable bonds is 6. The van der Waals surface area contributed by atoms with Crippen molar-refractivity contribution in [2.24, 2.45) is 11.8 Å². The number of nitrogen functional groups attached to an aromatic ring is 1. The number of hydrogen-bond donors (Lipinski definition) is 1. The number of ether oxygens (including phenoxy) is 1. The summed E-state index contributed by atoms with van der Waals surface area (Å²) in [6, 6.07) is 3.84. The first kappa shape index (κ1) is 23.6. The second-order valence-corrected chi connectivity index (χ2v) is 10.3. The van der Waals surface area contributed by atoms with Crippen LogP contribution >= 0.6 is 0 Å². The summed E-state index contributed by atoms with van der Waals surface area (Å²) in [5.74, 6) is 1.17. The Hall–Kier alpha value is -2.13. The lowest BCUT2D eigenvalue weighted by Gasteiger charge is -2.37. The molecule has 2 aliphatic carbocycles. The molecule has 6 nitrogen and oxygen atoms in total. The third-order valence-electron chi connectivity index (χ3n) is 8.31. The number of hydrogen-bond acceptors (Lipinski definition) is 5. The van der Waals surface area contributed by atoms with Crippen LogP contribution in [0.2, 0.25) is 0 Å². The van der Waals surface area contributed by atoms with Gasteiger partial charge in [-0.25, -0.2) is 4.98 Å². The Balaban J connectivity index is 1.37. The van der Waals surface area contributed by atoms with Crippen molar-refractivity contribution in [1.82, 2.24) is 19.7 Å². The molecule has 2 aromatic rings. The molecule has 2 N–H and O–H groups in total. The van der Waals surface area contributed by atoms with E-state index >= 15 is 0 Å². The average molecular weight is 478 g/mol. The van der Waals surface area contributed by atoms with Crippen molar-refractivity contribution in [3.63, 3.8) is 0 Å².